The third-order valence-electron chi connectivity index (χ3n) is 4.78. The van der Waals surface area contributed by atoms with Gasteiger partial charge < -0.3 is 24.8 Å². The first-order valence-electron chi connectivity index (χ1n) is 9.38. The summed E-state index contributed by atoms with van der Waals surface area (Å²) < 4.78 is 16.4. The monoisotopic (exact) mass is 380 g/mol. The molecule has 7 heteroatoms. The Balaban J connectivity index is 1.63. The van der Waals surface area contributed by atoms with Gasteiger partial charge in [-0.15, -0.1) is 0 Å². The lowest BCUT2D eigenvalue weighted by atomic mass is 10.2. The van der Waals surface area contributed by atoms with E-state index in [1.54, 1.807) is 14.2 Å². The summed E-state index contributed by atoms with van der Waals surface area (Å²) >= 11 is 0. The summed E-state index contributed by atoms with van der Waals surface area (Å²) in [6.45, 7) is 1.56. The van der Waals surface area contributed by atoms with Gasteiger partial charge >= 0.3 is 0 Å². The fourth-order valence-corrected chi connectivity index (χ4v) is 3.31. The molecule has 0 amide bonds. The SMILES string of the molecule is COc1ccc(Nc2nc(NC[C@H]3CCCO3)c3ccccc3n2)c(OC)c1. The molecule has 1 saturated heterocycles. The van der Waals surface area contributed by atoms with Gasteiger partial charge in [-0.25, -0.2) is 4.98 Å². The van der Waals surface area contributed by atoms with Crippen LogP contribution in [-0.4, -0.2) is 43.4 Å². The molecule has 2 N–H and O–H groups in total. The van der Waals surface area contributed by atoms with Crippen molar-refractivity contribution in [3.8, 4) is 11.5 Å². The largest absolute Gasteiger partial charge is 0.497 e. The van der Waals surface area contributed by atoms with Crippen molar-refractivity contribution < 1.29 is 14.2 Å². The van der Waals surface area contributed by atoms with Crippen LogP contribution in [0.1, 0.15) is 12.8 Å². The van der Waals surface area contributed by atoms with Crippen LogP contribution in [0, 0.1) is 0 Å². The van der Waals surface area contributed by atoms with Gasteiger partial charge in [0.1, 0.15) is 17.3 Å². The molecular formula is C21H24N4O3. The molecule has 3 aromatic rings. The van der Waals surface area contributed by atoms with E-state index in [1.165, 1.54) is 0 Å². The average molecular weight is 380 g/mol. The first-order chi connectivity index (χ1) is 13.8. The molecule has 1 aliphatic rings. The number of anilines is 3. The van der Waals surface area contributed by atoms with E-state index in [-0.39, 0.29) is 6.10 Å². The number of fused-ring (bicyclic) bond motifs is 1. The molecule has 28 heavy (non-hydrogen) atoms. The van der Waals surface area contributed by atoms with E-state index in [4.69, 9.17) is 19.2 Å². The Labute approximate surface area is 164 Å². The lowest BCUT2D eigenvalue weighted by molar-refractivity contribution is 0.120. The summed E-state index contributed by atoms with van der Waals surface area (Å²) in [5.74, 6) is 2.67. The lowest BCUT2D eigenvalue weighted by Gasteiger charge is -2.15. The predicted molar refractivity (Wildman–Crippen MR) is 110 cm³/mol. The molecule has 1 fully saturated rings. The second-order valence-electron chi connectivity index (χ2n) is 6.62. The third-order valence-corrected chi connectivity index (χ3v) is 4.78. The fraction of sp³-hybridized carbons (Fsp3) is 0.333. The van der Waals surface area contributed by atoms with E-state index in [9.17, 15) is 0 Å². The first-order valence-corrected chi connectivity index (χ1v) is 9.38. The zero-order chi connectivity index (χ0) is 19.3. The Hall–Kier alpha value is -3.06. The molecule has 0 unspecified atom stereocenters. The molecule has 0 radical (unpaired) electrons. The Bertz CT molecular complexity index is 958. The second kappa shape index (κ2) is 8.31. The molecule has 2 aromatic carbocycles. The van der Waals surface area contributed by atoms with Crippen molar-refractivity contribution in [3.05, 3.63) is 42.5 Å². The molecule has 0 bridgehead atoms. The molecule has 0 aliphatic carbocycles. The highest BCUT2D eigenvalue weighted by atomic mass is 16.5. The maximum atomic E-state index is 5.71. The maximum Gasteiger partial charge on any atom is 0.229 e. The molecule has 1 atom stereocenters. The number of rotatable bonds is 7. The average Bonchev–Trinajstić information content (AvgIpc) is 3.26. The smallest absolute Gasteiger partial charge is 0.229 e. The fourth-order valence-electron chi connectivity index (χ4n) is 3.31. The van der Waals surface area contributed by atoms with Gasteiger partial charge in [-0.05, 0) is 37.1 Å². The maximum absolute atomic E-state index is 5.71. The Morgan fingerprint density at radius 3 is 2.79 bits per heavy atom. The van der Waals surface area contributed by atoms with E-state index in [2.05, 4.69) is 15.6 Å². The topological polar surface area (TPSA) is 77.5 Å². The van der Waals surface area contributed by atoms with Crippen molar-refractivity contribution in [2.45, 2.75) is 18.9 Å². The van der Waals surface area contributed by atoms with Crippen LogP contribution in [0.4, 0.5) is 17.5 Å². The summed E-state index contributed by atoms with van der Waals surface area (Å²) in [5.41, 5.74) is 1.63. The molecule has 0 saturated carbocycles. The highest BCUT2D eigenvalue weighted by Crippen LogP contribution is 2.32. The summed E-state index contributed by atoms with van der Waals surface area (Å²) in [7, 11) is 3.25. The van der Waals surface area contributed by atoms with Crippen LogP contribution < -0.4 is 20.1 Å². The van der Waals surface area contributed by atoms with Gasteiger partial charge in [-0.1, -0.05) is 12.1 Å². The Morgan fingerprint density at radius 1 is 1.11 bits per heavy atom. The van der Waals surface area contributed by atoms with Crippen LogP contribution in [0.15, 0.2) is 42.5 Å². The minimum Gasteiger partial charge on any atom is -0.497 e. The number of aromatic nitrogens is 2. The van der Waals surface area contributed by atoms with E-state index < -0.39 is 0 Å². The lowest BCUT2D eigenvalue weighted by Crippen LogP contribution is -2.19. The molecule has 1 aliphatic heterocycles. The molecule has 7 nitrogen and oxygen atoms in total. The van der Waals surface area contributed by atoms with Crippen LogP contribution in [0.2, 0.25) is 0 Å². The minimum absolute atomic E-state index is 0.229. The van der Waals surface area contributed by atoms with E-state index >= 15 is 0 Å². The Morgan fingerprint density at radius 2 is 2.00 bits per heavy atom. The van der Waals surface area contributed by atoms with E-state index in [1.807, 2.05) is 42.5 Å². The van der Waals surface area contributed by atoms with Crippen molar-refractivity contribution in [1.82, 2.24) is 9.97 Å². The van der Waals surface area contributed by atoms with Crippen LogP contribution in [0.25, 0.3) is 10.9 Å². The third kappa shape index (κ3) is 3.94. The van der Waals surface area contributed by atoms with E-state index in [0.29, 0.717) is 11.7 Å². The summed E-state index contributed by atoms with van der Waals surface area (Å²) in [6.07, 6.45) is 2.41. The molecule has 2 heterocycles. The standard InChI is InChI=1S/C21H24N4O3/c1-26-14-9-10-18(19(12-14)27-2)24-21-23-17-8-4-3-7-16(17)20(25-21)22-13-15-6-5-11-28-15/h3-4,7-10,12,15H,5-6,11,13H2,1-2H3,(H2,22,23,24,25)/t15-/m1/s1. The van der Waals surface area contributed by atoms with E-state index in [0.717, 1.165) is 54.2 Å². The summed E-state index contributed by atoms with van der Waals surface area (Å²) in [4.78, 5) is 9.35. The van der Waals surface area contributed by atoms with Gasteiger partial charge in [0.25, 0.3) is 0 Å². The Kier molecular flexibility index (Phi) is 5.43. The van der Waals surface area contributed by atoms with Crippen molar-refractivity contribution in [2.24, 2.45) is 0 Å². The van der Waals surface area contributed by atoms with Crippen molar-refractivity contribution in [1.29, 1.82) is 0 Å². The van der Waals surface area contributed by atoms with Crippen LogP contribution >= 0.6 is 0 Å². The number of hydrogen-bond acceptors (Lipinski definition) is 7. The van der Waals surface area contributed by atoms with Crippen LogP contribution in [-0.2, 0) is 4.74 Å². The highest BCUT2D eigenvalue weighted by molar-refractivity contribution is 5.90. The van der Waals surface area contributed by atoms with Gasteiger partial charge in [0, 0.05) is 24.6 Å². The predicted octanol–water partition coefficient (Wildman–Crippen LogP) is 3.98. The quantitative estimate of drug-likeness (QED) is 0.642. The molecule has 4 rings (SSSR count). The number of ether oxygens (including phenoxy) is 3. The first kappa shape index (κ1) is 18.3. The molecule has 146 valence electrons. The number of hydrogen-bond donors (Lipinski definition) is 2. The molecule has 1 aromatic heterocycles. The van der Waals surface area contributed by atoms with Gasteiger partial charge in [0.2, 0.25) is 5.95 Å². The zero-order valence-electron chi connectivity index (χ0n) is 16.1. The number of methoxy groups -OCH3 is 2. The van der Waals surface area contributed by atoms with Gasteiger partial charge in [0.05, 0.1) is 31.5 Å². The van der Waals surface area contributed by atoms with Gasteiger partial charge in [0.15, 0.2) is 0 Å². The number of nitrogens with one attached hydrogen (secondary N) is 2. The van der Waals surface area contributed by atoms with Gasteiger partial charge in [-0.2, -0.15) is 4.98 Å². The normalized spacial score (nSPS) is 16.1. The zero-order valence-corrected chi connectivity index (χ0v) is 16.1. The summed E-state index contributed by atoms with van der Waals surface area (Å²) in [6, 6.07) is 13.5. The van der Waals surface area contributed by atoms with Crippen molar-refractivity contribution in [3.63, 3.8) is 0 Å². The van der Waals surface area contributed by atoms with Crippen LogP contribution in [0.3, 0.4) is 0 Å². The highest BCUT2D eigenvalue weighted by Gasteiger charge is 2.16. The van der Waals surface area contributed by atoms with Crippen molar-refractivity contribution >= 4 is 28.4 Å². The van der Waals surface area contributed by atoms with Crippen LogP contribution in [0.5, 0.6) is 11.5 Å². The summed E-state index contributed by atoms with van der Waals surface area (Å²) in [5, 5.41) is 7.68. The number of nitrogens with zero attached hydrogens (tertiary/aromatic N) is 2. The number of para-hydroxylation sites is 1. The second-order valence-corrected chi connectivity index (χ2v) is 6.62. The minimum atomic E-state index is 0.229. The number of benzene rings is 2. The molecular weight excluding hydrogens is 356 g/mol. The molecule has 0 spiro atoms. The van der Waals surface area contributed by atoms with Gasteiger partial charge in [-0.3, -0.25) is 0 Å². The van der Waals surface area contributed by atoms with Crippen molar-refractivity contribution in [2.75, 3.05) is 38.0 Å².